The molecule has 0 aliphatic heterocycles. The highest BCUT2D eigenvalue weighted by atomic mass is 79.9. The van der Waals surface area contributed by atoms with E-state index in [-0.39, 0.29) is 17.3 Å². The second kappa shape index (κ2) is 8.11. The summed E-state index contributed by atoms with van der Waals surface area (Å²) in [6.07, 6.45) is 0. The van der Waals surface area contributed by atoms with Crippen molar-refractivity contribution >= 4 is 31.9 Å². The summed E-state index contributed by atoms with van der Waals surface area (Å²) in [6.45, 7) is -0.0551. The molecule has 0 spiro atoms. The maximum absolute atomic E-state index is 12.1. The van der Waals surface area contributed by atoms with Gasteiger partial charge in [-0.3, -0.25) is 4.79 Å². The van der Waals surface area contributed by atoms with E-state index >= 15 is 0 Å². The number of halogens is 1. The monoisotopic (exact) mass is 406 g/mol. The molecule has 2 rings (SSSR count). The molecule has 0 saturated heterocycles. The smallest absolute Gasteiger partial charge is 0.252 e. The minimum absolute atomic E-state index is 0.0551. The second-order valence-electron chi connectivity index (χ2n) is 4.70. The fourth-order valence-corrected chi connectivity index (χ4v) is 3.08. The zero-order valence-electron chi connectivity index (χ0n) is 12.8. The van der Waals surface area contributed by atoms with Crippen molar-refractivity contribution < 1.29 is 13.2 Å². The molecule has 0 heterocycles. The van der Waals surface area contributed by atoms with Crippen molar-refractivity contribution in [2.45, 2.75) is 4.90 Å². The third-order valence-electron chi connectivity index (χ3n) is 3.10. The molecule has 7 heteroatoms. The first kappa shape index (κ1) is 18.2. The summed E-state index contributed by atoms with van der Waals surface area (Å²) in [4.78, 5) is 11.9. The quantitative estimate of drug-likeness (QED) is 0.763. The van der Waals surface area contributed by atoms with Crippen LogP contribution in [-0.4, -0.2) is 27.9 Å². The average molecular weight is 407 g/mol. The molecule has 0 bridgehead atoms. The van der Waals surface area contributed by atoms with E-state index in [1.807, 2.05) is 0 Å². The van der Waals surface area contributed by atoms with Gasteiger partial charge >= 0.3 is 0 Å². The van der Waals surface area contributed by atoms with Gasteiger partial charge in [0.1, 0.15) is 0 Å². The van der Waals surface area contributed by atoms with E-state index in [0.717, 1.165) is 4.47 Å². The number of amides is 1. The molecule has 2 N–H and O–H groups in total. The number of nitrogens with one attached hydrogen (secondary N) is 2. The zero-order chi connectivity index (χ0) is 17.6. The normalized spacial score (nSPS) is 10.6. The Kier molecular flexibility index (Phi) is 6.15. The first-order chi connectivity index (χ1) is 11.4. The Bertz CT molecular complexity index is 897. The Morgan fingerprint density at radius 2 is 1.79 bits per heavy atom. The fourth-order valence-electron chi connectivity index (χ4n) is 1.89. The van der Waals surface area contributed by atoms with Crippen LogP contribution >= 0.6 is 15.9 Å². The van der Waals surface area contributed by atoms with Crippen molar-refractivity contribution in [2.75, 3.05) is 13.6 Å². The molecular formula is C17H15BrN2O3S. The van der Waals surface area contributed by atoms with Crippen LogP contribution < -0.4 is 10.0 Å². The van der Waals surface area contributed by atoms with Crippen molar-refractivity contribution in [1.29, 1.82) is 0 Å². The SMILES string of the molecule is CNC(=O)c1ccccc1C#CCNS(=O)(=O)c1ccc(Br)cc1. The Morgan fingerprint density at radius 3 is 2.46 bits per heavy atom. The van der Waals surface area contributed by atoms with E-state index in [4.69, 9.17) is 0 Å². The van der Waals surface area contributed by atoms with Crippen molar-refractivity contribution in [1.82, 2.24) is 10.0 Å². The van der Waals surface area contributed by atoms with Crippen LogP contribution in [0.4, 0.5) is 0 Å². The van der Waals surface area contributed by atoms with Crippen LogP contribution in [0.15, 0.2) is 57.9 Å². The third kappa shape index (κ3) is 4.68. The van der Waals surface area contributed by atoms with E-state index < -0.39 is 10.0 Å². The molecule has 0 aliphatic carbocycles. The number of rotatable bonds is 4. The van der Waals surface area contributed by atoms with Crippen molar-refractivity contribution in [3.05, 3.63) is 64.1 Å². The van der Waals surface area contributed by atoms with Crippen LogP contribution in [0.3, 0.4) is 0 Å². The number of carbonyl (C=O) groups excluding carboxylic acids is 1. The van der Waals surface area contributed by atoms with E-state index in [1.54, 1.807) is 43.4 Å². The Labute approximate surface area is 149 Å². The molecule has 0 aromatic heterocycles. The van der Waals surface area contributed by atoms with Gasteiger partial charge in [-0.25, -0.2) is 8.42 Å². The zero-order valence-corrected chi connectivity index (χ0v) is 15.2. The van der Waals surface area contributed by atoms with Gasteiger partial charge < -0.3 is 5.32 Å². The standard InChI is InChI=1S/C17H15BrN2O3S/c1-19-17(21)16-7-3-2-5-13(16)6-4-12-20-24(22,23)15-10-8-14(18)9-11-15/h2-3,5,7-11,20H,12H2,1H3,(H,19,21). The molecule has 0 fully saturated rings. The van der Waals surface area contributed by atoms with Crippen LogP contribution in [0.1, 0.15) is 15.9 Å². The molecule has 0 saturated carbocycles. The van der Waals surface area contributed by atoms with E-state index in [9.17, 15) is 13.2 Å². The molecule has 2 aromatic rings. The fraction of sp³-hybridized carbons (Fsp3) is 0.118. The summed E-state index contributed by atoms with van der Waals surface area (Å²) in [7, 11) is -2.07. The molecule has 0 unspecified atom stereocenters. The maximum Gasteiger partial charge on any atom is 0.252 e. The van der Waals surface area contributed by atoms with Gasteiger partial charge in [0.05, 0.1) is 17.0 Å². The lowest BCUT2D eigenvalue weighted by atomic mass is 10.1. The topological polar surface area (TPSA) is 75.3 Å². The third-order valence-corrected chi connectivity index (χ3v) is 5.04. The number of sulfonamides is 1. The van der Waals surface area contributed by atoms with Gasteiger partial charge in [-0.1, -0.05) is 39.9 Å². The number of hydrogen-bond acceptors (Lipinski definition) is 3. The van der Waals surface area contributed by atoms with Crippen LogP contribution in [0.2, 0.25) is 0 Å². The predicted octanol–water partition coefficient (Wildman–Crippen LogP) is 2.14. The van der Waals surface area contributed by atoms with Gasteiger partial charge in [0.15, 0.2) is 0 Å². The maximum atomic E-state index is 12.1. The van der Waals surface area contributed by atoms with Crippen LogP contribution in [-0.2, 0) is 10.0 Å². The Morgan fingerprint density at radius 1 is 1.12 bits per heavy atom. The summed E-state index contributed by atoms with van der Waals surface area (Å²) in [5, 5.41) is 2.54. The lowest BCUT2D eigenvalue weighted by Gasteiger charge is -2.04. The molecular weight excluding hydrogens is 392 g/mol. The van der Waals surface area contributed by atoms with Crippen molar-refractivity contribution in [3.8, 4) is 11.8 Å². The van der Waals surface area contributed by atoms with Gasteiger partial charge in [0, 0.05) is 17.1 Å². The molecule has 0 aliphatic rings. The average Bonchev–Trinajstić information content (AvgIpc) is 2.59. The van der Waals surface area contributed by atoms with Gasteiger partial charge in [-0.2, -0.15) is 4.72 Å². The van der Waals surface area contributed by atoms with Crippen LogP contribution in [0.25, 0.3) is 0 Å². The molecule has 2 aromatic carbocycles. The van der Waals surface area contributed by atoms with Gasteiger partial charge in [0.25, 0.3) is 5.91 Å². The number of carbonyl (C=O) groups is 1. The summed E-state index contributed by atoms with van der Waals surface area (Å²) in [6, 6.07) is 13.2. The minimum Gasteiger partial charge on any atom is -0.355 e. The highest BCUT2D eigenvalue weighted by Crippen LogP contribution is 2.14. The first-order valence-electron chi connectivity index (χ1n) is 6.99. The lowest BCUT2D eigenvalue weighted by molar-refractivity contribution is 0.0963. The summed E-state index contributed by atoms with van der Waals surface area (Å²) >= 11 is 3.26. The van der Waals surface area contributed by atoms with Crippen molar-refractivity contribution in [3.63, 3.8) is 0 Å². The lowest BCUT2D eigenvalue weighted by Crippen LogP contribution is -2.24. The van der Waals surface area contributed by atoms with E-state index in [2.05, 4.69) is 37.8 Å². The summed E-state index contributed by atoms with van der Waals surface area (Å²) < 4.78 is 27.4. The Hall–Kier alpha value is -2.14. The van der Waals surface area contributed by atoms with Gasteiger partial charge in [-0.15, -0.1) is 0 Å². The predicted molar refractivity (Wildman–Crippen MR) is 96.0 cm³/mol. The Balaban J connectivity index is 2.09. The largest absolute Gasteiger partial charge is 0.355 e. The van der Waals surface area contributed by atoms with Gasteiger partial charge in [-0.05, 0) is 36.4 Å². The number of hydrogen-bond donors (Lipinski definition) is 2. The van der Waals surface area contributed by atoms with Crippen molar-refractivity contribution in [2.24, 2.45) is 0 Å². The highest BCUT2D eigenvalue weighted by Gasteiger charge is 2.12. The minimum atomic E-state index is -3.62. The second-order valence-corrected chi connectivity index (χ2v) is 7.39. The number of benzene rings is 2. The molecule has 0 radical (unpaired) electrons. The van der Waals surface area contributed by atoms with Gasteiger partial charge in [0.2, 0.25) is 10.0 Å². The molecule has 5 nitrogen and oxygen atoms in total. The molecule has 24 heavy (non-hydrogen) atoms. The molecule has 0 atom stereocenters. The van der Waals surface area contributed by atoms with Crippen LogP contribution in [0, 0.1) is 11.8 Å². The summed E-state index contributed by atoms with van der Waals surface area (Å²) in [5.74, 6) is 5.30. The molecule has 1 amide bonds. The van der Waals surface area contributed by atoms with E-state index in [1.165, 1.54) is 12.1 Å². The molecule has 124 valence electrons. The first-order valence-corrected chi connectivity index (χ1v) is 9.27. The summed E-state index contributed by atoms with van der Waals surface area (Å²) in [5.41, 5.74) is 0.989. The van der Waals surface area contributed by atoms with E-state index in [0.29, 0.717) is 11.1 Å². The highest BCUT2D eigenvalue weighted by molar-refractivity contribution is 9.10. The van der Waals surface area contributed by atoms with Crippen LogP contribution in [0.5, 0.6) is 0 Å².